The zero-order chi connectivity index (χ0) is 19.3. The van der Waals surface area contributed by atoms with Gasteiger partial charge in [0, 0.05) is 0 Å². The minimum atomic E-state index is -1.32. The summed E-state index contributed by atoms with van der Waals surface area (Å²) in [6.45, 7) is -0.855. The van der Waals surface area contributed by atoms with Crippen molar-refractivity contribution in [3.05, 3.63) is 70.0 Å². The molecule has 2 rings (SSSR count). The molecule has 6 nitrogen and oxygen atoms in total. The molecular weight excluding hydrogens is 377 g/mol. The highest BCUT2D eigenvalue weighted by Crippen LogP contribution is 2.20. The Hall–Kier alpha value is -3.07. The number of halogens is 4. The lowest BCUT2D eigenvalue weighted by molar-refractivity contribution is -0.125. The molecule has 0 aliphatic heterocycles. The van der Waals surface area contributed by atoms with Gasteiger partial charge in [0.1, 0.15) is 5.82 Å². The first-order valence-corrected chi connectivity index (χ1v) is 7.32. The molecule has 0 unspecified atom stereocenters. The smallest absolute Gasteiger partial charge is 0.340 e. The molecule has 136 valence electrons. The molecule has 0 aliphatic rings. The lowest BCUT2D eigenvalue weighted by Crippen LogP contribution is -2.43. The minimum Gasteiger partial charge on any atom is -0.452 e. The van der Waals surface area contributed by atoms with E-state index in [-0.39, 0.29) is 5.56 Å². The molecule has 0 aliphatic carbocycles. The maximum absolute atomic E-state index is 13.4. The van der Waals surface area contributed by atoms with Gasteiger partial charge in [0.2, 0.25) is 0 Å². The van der Waals surface area contributed by atoms with Crippen molar-refractivity contribution in [2.75, 3.05) is 6.61 Å². The zero-order valence-electron chi connectivity index (χ0n) is 12.8. The Morgan fingerprint density at radius 3 is 2.27 bits per heavy atom. The van der Waals surface area contributed by atoms with Crippen molar-refractivity contribution in [1.82, 2.24) is 10.9 Å². The Morgan fingerprint density at radius 1 is 0.923 bits per heavy atom. The van der Waals surface area contributed by atoms with E-state index in [2.05, 4.69) is 4.74 Å². The van der Waals surface area contributed by atoms with Crippen LogP contribution >= 0.6 is 11.6 Å². The number of ether oxygens (including phenoxy) is 1. The van der Waals surface area contributed by atoms with Crippen LogP contribution in [0, 0.1) is 17.5 Å². The molecule has 26 heavy (non-hydrogen) atoms. The Labute approximate surface area is 149 Å². The molecule has 0 spiro atoms. The number of amides is 2. The maximum atomic E-state index is 13.4. The quantitative estimate of drug-likeness (QED) is 0.480. The molecule has 0 saturated carbocycles. The lowest BCUT2D eigenvalue weighted by Gasteiger charge is -2.09. The van der Waals surface area contributed by atoms with Crippen molar-refractivity contribution in [2.45, 2.75) is 0 Å². The second-order valence-corrected chi connectivity index (χ2v) is 5.21. The number of rotatable bonds is 4. The van der Waals surface area contributed by atoms with Gasteiger partial charge in [0.15, 0.2) is 18.2 Å². The van der Waals surface area contributed by atoms with Gasteiger partial charge in [-0.25, -0.2) is 18.0 Å². The molecule has 0 bridgehead atoms. The average Bonchev–Trinajstić information content (AvgIpc) is 2.61. The molecule has 2 N–H and O–H groups in total. The number of hydrazine groups is 1. The maximum Gasteiger partial charge on any atom is 0.340 e. The van der Waals surface area contributed by atoms with Crippen LogP contribution < -0.4 is 10.9 Å². The van der Waals surface area contributed by atoms with Crippen molar-refractivity contribution in [1.29, 1.82) is 0 Å². The van der Waals surface area contributed by atoms with Crippen molar-refractivity contribution in [3.63, 3.8) is 0 Å². The van der Waals surface area contributed by atoms with E-state index in [4.69, 9.17) is 11.6 Å². The van der Waals surface area contributed by atoms with Gasteiger partial charge in [0.25, 0.3) is 11.8 Å². The molecule has 10 heteroatoms. The fourth-order valence-electron chi connectivity index (χ4n) is 1.76. The van der Waals surface area contributed by atoms with Crippen LogP contribution in [-0.4, -0.2) is 24.4 Å². The van der Waals surface area contributed by atoms with E-state index in [0.717, 1.165) is 6.07 Å². The molecule has 0 radical (unpaired) electrons. The van der Waals surface area contributed by atoms with Crippen LogP contribution in [-0.2, 0) is 9.53 Å². The van der Waals surface area contributed by atoms with Gasteiger partial charge in [0.05, 0.1) is 16.1 Å². The third kappa shape index (κ3) is 4.73. The monoisotopic (exact) mass is 386 g/mol. The molecule has 0 saturated heterocycles. The summed E-state index contributed by atoms with van der Waals surface area (Å²) in [5.41, 5.74) is 3.04. The van der Waals surface area contributed by atoms with Crippen LogP contribution in [0.15, 0.2) is 36.4 Å². The SMILES string of the molecule is O=C(COC(=O)c1cc(F)c(F)cc1Cl)NNC(=O)c1ccccc1F. The molecule has 2 amide bonds. The normalized spacial score (nSPS) is 10.2. The topological polar surface area (TPSA) is 84.5 Å². The summed E-state index contributed by atoms with van der Waals surface area (Å²) in [7, 11) is 0. The van der Waals surface area contributed by atoms with E-state index in [0.29, 0.717) is 12.1 Å². The van der Waals surface area contributed by atoms with Crippen molar-refractivity contribution in [3.8, 4) is 0 Å². The van der Waals surface area contributed by atoms with Gasteiger partial charge < -0.3 is 4.74 Å². The summed E-state index contributed by atoms with van der Waals surface area (Å²) in [4.78, 5) is 34.9. The van der Waals surface area contributed by atoms with E-state index < -0.39 is 52.4 Å². The number of esters is 1. The molecule has 0 heterocycles. The number of hydrogen-bond donors (Lipinski definition) is 2. The molecule has 0 fully saturated rings. The van der Waals surface area contributed by atoms with Crippen molar-refractivity contribution < 1.29 is 32.3 Å². The predicted octanol–water partition coefficient (Wildman–Crippen LogP) is 2.38. The van der Waals surface area contributed by atoms with Crippen LogP contribution in [0.2, 0.25) is 5.02 Å². The molecule has 2 aromatic rings. The van der Waals surface area contributed by atoms with E-state index in [1.165, 1.54) is 18.2 Å². The summed E-state index contributed by atoms with van der Waals surface area (Å²) >= 11 is 5.60. The number of benzene rings is 2. The minimum absolute atomic E-state index is 0.307. The molecule has 0 aromatic heterocycles. The van der Waals surface area contributed by atoms with Gasteiger partial charge in [-0.15, -0.1) is 0 Å². The van der Waals surface area contributed by atoms with E-state index >= 15 is 0 Å². The van der Waals surface area contributed by atoms with Crippen LogP contribution in [0.1, 0.15) is 20.7 Å². The Bertz CT molecular complexity index is 877. The first kappa shape index (κ1) is 19.3. The largest absolute Gasteiger partial charge is 0.452 e. The summed E-state index contributed by atoms with van der Waals surface area (Å²) in [6, 6.07) is 6.17. The second kappa shape index (κ2) is 8.34. The van der Waals surface area contributed by atoms with E-state index in [1.54, 1.807) is 0 Å². The summed E-state index contributed by atoms with van der Waals surface area (Å²) in [5, 5.41) is -0.401. The number of nitrogens with one attached hydrogen (secondary N) is 2. The first-order chi connectivity index (χ1) is 12.3. The fourth-order valence-corrected chi connectivity index (χ4v) is 1.99. The second-order valence-electron chi connectivity index (χ2n) is 4.80. The van der Waals surface area contributed by atoms with Gasteiger partial charge in [-0.1, -0.05) is 23.7 Å². The summed E-state index contributed by atoms with van der Waals surface area (Å²) < 4.78 is 44.0. The van der Waals surface area contributed by atoms with Gasteiger partial charge in [-0.05, 0) is 24.3 Å². The fraction of sp³-hybridized carbons (Fsp3) is 0.0625. The highest BCUT2D eigenvalue weighted by molar-refractivity contribution is 6.33. The summed E-state index contributed by atoms with van der Waals surface area (Å²) in [5.74, 6) is -6.42. The van der Waals surface area contributed by atoms with Gasteiger partial charge >= 0.3 is 5.97 Å². The third-order valence-corrected chi connectivity index (χ3v) is 3.31. The van der Waals surface area contributed by atoms with Crippen LogP contribution in [0.4, 0.5) is 13.2 Å². The number of hydrogen-bond acceptors (Lipinski definition) is 4. The zero-order valence-corrected chi connectivity index (χ0v) is 13.6. The number of carbonyl (C=O) groups excluding carboxylic acids is 3. The molecule has 0 atom stereocenters. The standard InChI is InChI=1S/C16H10ClF3N2O4/c17-10-6-13(20)12(19)5-9(10)16(25)26-7-14(23)21-22-15(24)8-3-1-2-4-11(8)18/h1-6H,7H2,(H,21,23)(H,22,24). The Morgan fingerprint density at radius 2 is 1.58 bits per heavy atom. The van der Waals surface area contributed by atoms with Crippen LogP contribution in [0.5, 0.6) is 0 Å². The van der Waals surface area contributed by atoms with Crippen molar-refractivity contribution in [2.24, 2.45) is 0 Å². The lowest BCUT2D eigenvalue weighted by atomic mass is 10.2. The van der Waals surface area contributed by atoms with Crippen molar-refractivity contribution >= 4 is 29.4 Å². The Kier molecular flexibility index (Phi) is 6.18. The third-order valence-electron chi connectivity index (χ3n) is 3.00. The highest BCUT2D eigenvalue weighted by Gasteiger charge is 2.18. The van der Waals surface area contributed by atoms with Gasteiger partial charge in [-0.2, -0.15) is 0 Å². The predicted molar refractivity (Wildman–Crippen MR) is 83.7 cm³/mol. The summed E-state index contributed by atoms with van der Waals surface area (Å²) in [6.07, 6.45) is 0. The van der Waals surface area contributed by atoms with Crippen LogP contribution in [0.3, 0.4) is 0 Å². The van der Waals surface area contributed by atoms with E-state index in [1.807, 2.05) is 10.9 Å². The van der Waals surface area contributed by atoms with E-state index in [9.17, 15) is 27.6 Å². The molecule has 2 aromatic carbocycles. The molecular formula is C16H10ClF3N2O4. The van der Waals surface area contributed by atoms with Crippen LogP contribution in [0.25, 0.3) is 0 Å². The number of carbonyl (C=O) groups is 3. The average molecular weight is 387 g/mol. The first-order valence-electron chi connectivity index (χ1n) is 6.95. The van der Waals surface area contributed by atoms with Gasteiger partial charge in [-0.3, -0.25) is 20.4 Å². The highest BCUT2D eigenvalue weighted by atomic mass is 35.5. The Balaban J connectivity index is 1.87.